The lowest BCUT2D eigenvalue weighted by molar-refractivity contribution is 0.0691. The molecule has 0 aliphatic heterocycles. The first-order valence-electron chi connectivity index (χ1n) is 5.58. The van der Waals surface area contributed by atoms with Crippen LogP contribution >= 0.6 is 23.2 Å². The molecule has 0 radical (unpaired) electrons. The molecule has 0 amide bonds. The van der Waals surface area contributed by atoms with Crippen LogP contribution in [0.2, 0.25) is 10.0 Å². The zero-order chi connectivity index (χ0) is 15.7. The minimum absolute atomic E-state index is 0.0198. The number of nitrogens with two attached hydrogens (primary N) is 1. The van der Waals surface area contributed by atoms with Gasteiger partial charge in [0.2, 0.25) is 0 Å². The lowest BCUT2D eigenvalue weighted by atomic mass is 9.99. The van der Waals surface area contributed by atoms with Crippen LogP contribution in [0.1, 0.15) is 22.5 Å². The van der Waals surface area contributed by atoms with Gasteiger partial charge in [-0.05, 0) is 12.1 Å². The van der Waals surface area contributed by atoms with Crippen molar-refractivity contribution in [1.29, 1.82) is 0 Å². The summed E-state index contributed by atoms with van der Waals surface area (Å²) in [6.45, 7) is 0. The van der Waals surface area contributed by atoms with Crippen molar-refractivity contribution in [3.8, 4) is 11.1 Å². The highest BCUT2D eigenvalue weighted by atomic mass is 35.5. The number of rotatable bonds is 3. The summed E-state index contributed by atoms with van der Waals surface area (Å²) >= 11 is 11.6. The summed E-state index contributed by atoms with van der Waals surface area (Å²) < 4.78 is 26.0. The van der Waals surface area contributed by atoms with E-state index in [1.807, 2.05) is 0 Å². The van der Waals surface area contributed by atoms with Gasteiger partial charge in [0.25, 0.3) is 6.43 Å². The summed E-state index contributed by atoms with van der Waals surface area (Å²) in [6, 6.07) is 3.90. The molecule has 0 atom stereocenters. The van der Waals surface area contributed by atoms with Crippen molar-refractivity contribution in [3.05, 3.63) is 45.7 Å². The third-order valence-corrected chi connectivity index (χ3v) is 3.54. The SMILES string of the molecule is Nc1ccnc(C(=O)O)c1-c1ccc(Cl)c(C(F)F)c1Cl. The number of carbonyl (C=O) groups is 1. The molecule has 0 aliphatic carbocycles. The smallest absolute Gasteiger partial charge is 0.355 e. The van der Waals surface area contributed by atoms with Crippen LogP contribution in [0.5, 0.6) is 0 Å². The standard InChI is InChI=1S/C13H8Cl2F2N2O2/c14-6-2-1-5(10(15)9(6)12(16)17)8-7(18)3-4-19-11(8)13(20)21/h1-4,12H,(H2,18,19)(H,20,21). The van der Waals surface area contributed by atoms with E-state index in [0.717, 1.165) is 0 Å². The van der Waals surface area contributed by atoms with E-state index in [-0.39, 0.29) is 32.6 Å². The van der Waals surface area contributed by atoms with E-state index in [2.05, 4.69) is 4.98 Å². The summed E-state index contributed by atoms with van der Waals surface area (Å²) in [5, 5.41) is 8.58. The fourth-order valence-corrected chi connectivity index (χ4v) is 2.51. The molecule has 0 saturated carbocycles. The van der Waals surface area contributed by atoms with Crippen LogP contribution in [0.3, 0.4) is 0 Å². The molecule has 1 aromatic heterocycles. The maximum absolute atomic E-state index is 13.0. The molecule has 3 N–H and O–H groups in total. The number of aromatic nitrogens is 1. The van der Waals surface area contributed by atoms with Gasteiger partial charge in [0.15, 0.2) is 5.69 Å². The largest absolute Gasteiger partial charge is 0.476 e. The molecule has 2 aromatic rings. The summed E-state index contributed by atoms with van der Waals surface area (Å²) in [5.41, 5.74) is 4.88. The minimum atomic E-state index is -2.91. The van der Waals surface area contributed by atoms with Crippen LogP contribution in [0.4, 0.5) is 14.5 Å². The number of benzene rings is 1. The quantitative estimate of drug-likeness (QED) is 0.879. The molecule has 1 aromatic carbocycles. The van der Waals surface area contributed by atoms with Gasteiger partial charge in [0.05, 0.1) is 15.6 Å². The number of carboxylic acids is 1. The van der Waals surface area contributed by atoms with E-state index in [4.69, 9.17) is 34.0 Å². The van der Waals surface area contributed by atoms with Crippen LogP contribution in [-0.2, 0) is 0 Å². The number of alkyl halides is 2. The number of halogens is 4. The van der Waals surface area contributed by atoms with Crippen molar-refractivity contribution >= 4 is 34.9 Å². The molecule has 0 bridgehead atoms. The third-order valence-electron chi connectivity index (χ3n) is 2.80. The van der Waals surface area contributed by atoms with E-state index in [9.17, 15) is 13.6 Å². The first-order chi connectivity index (χ1) is 9.84. The zero-order valence-corrected chi connectivity index (χ0v) is 11.8. The van der Waals surface area contributed by atoms with Gasteiger partial charge in [0, 0.05) is 23.0 Å². The van der Waals surface area contributed by atoms with Crippen molar-refractivity contribution in [2.24, 2.45) is 0 Å². The Labute approximate surface area is 128 Å². The minimum Gasteiger partial charge on any atom is -0.476 e. The molecule has 0 unspecified atom stereocenters. The molecule has 0 saturated heterocycles. The molecule has 1 heterocycles. The van der Waals surface area contributed by atoms with Gasteiger partial charge in [-0.3, -0.25) is 0 Å². The topological polar surface area (TPSA) is 76.2 Å². The Bertz CT molecular complexity index is 724. The van der Waals surface area contributed by atoms with Crippen molar-refractivity contribution in [3.63, 3.8) is 0 Å². The number of pyridine rings is 1. The summed E-state index contributed by atoms with van der Waals surface area (Å²) in [7, 11) is 0. The van der Waals surface area contributed by atoms with E-state index in [0.29, 0.717) is 0 Å². The van der Waals surface area contributed by atoms with E-state index < -0.39 is 18.0 Å². The number of hydrogen-bond donors (Lipinski definition) is 2. The van der Waals surface area contributed by atoms with Crippen molar-refractivity contribution in [2.45, 2.75) is 6.43 Å². The molecule has 0 aliphatic rings. The number of carboxylic acid groups (broad SMARTS) is 1. The maximum atomic E-state index is 13.0. The van der Waals surface area contributed by atoms with Crippen molar-refractivity contribution < 1.29 is 18.7 Å². The Balaban J connectivity index is 2.80. The van der Waals surface area contributed by atoms with Gasteiger partial charge in [0.1, 0.15) is 0 Å². The second-order valence-electron chi connectivity index (χ2n) is 4.05. The Morgan fingerprint density at radius 2 is 1.95 bits per heavy atom. The molecule has 0 spiro atoms. The first kappa shape index (κ1) is 15.5. The van der Waals surface area contributed by atoms with Crippen LogP contribution in [0, 0.1) is 0 Å². The van der Waals surface area contributed by atoms with E-state index in [1.165, 1.54) is 24.4 Å². The van der Waals surface area contributed by atoms with Crippen molar-refractivity contribution in [2.75, 3.05) is 5.73 Å². The predicted molar refractivity (Wildman–Crippen MR) is 76.0 cm³/mol. The molecule has 2 rings (SSSR count). The Morgan fingerprint density at radius 3 is 2.52 bits per heavy atom. The van der Waals surface area contributed by atoms with Crippen LogP contribution in [-0.4, -0.2) is 16.1 Å². The lowest BCUT2D eigenvalue weighted by Gasteiger charge is -2.14. The highest BCUT2D eigenvalue weighted by Gasteiger charge is 2.24. The molecule has 8 heteroatoms. The fourth-order valence-electron chi connectivity index (χ4n) is 1.88. The summed E-state index contributed by atoms with van der Waals surface area (Å²) in [6.07, 6.45) is -1.70. The molecule has 21 heavy (non-hydrogen) atoms. The number of nitrogens with zero attached hydrogens (tertiary/aromatic N) is 1. The average Bonchev–Trinajstić information content (AvgIpc) is 2.39. The van der Waals surface area contributed by atoms with E-state index >= 15 is 0 Å². The molecule has 4 nitrogen and oxygen atoms in total. The Morgan fingerprint density at radius 1 is 1.29 bits per heavy atom. The normalized spacial score (nSPS) is 10.9. The van der Waals surface area contributed by atoms with Gasteiger partial charge < -0.3 is 10.8 Å². The molecule has 0 fully saturated rings. The second kappa shape index (κ2) is 5.83. The van der Waals surface area contributed by atoms with Gasteiger partial charge >= 0.3 is 5.97 Å². The monoisotopic (exact) mass is 332 g/mol. The number of hydrogen-bond acceptors (Lipinski definition) is 3. The maximum Gasteiger partial charge on any atom is 0.355 e. The van der Waals surface area contributed by atoms with Gasteiger partial charge in [-0.25, -0.2) is 18.6 Å². The Hall–Kier alpha value is -1.92. The first-order valence-corrected chi connectivity index (χ1v) is 6.34. The highest BCUT2D eigenvalue weighted by molar-refractivity contribution is 6.38. The molecular weight excluding hydrogens is 325 g/mol. The number of aromatic carboxylic acids is 1. The third kappa shape index (κ3) is 2.77. The van der Waals surface area contributed by atoms with Crippen LogP contribution < -0.4 is 5.73 Å². The summed E-state index contributed by atoms with van der Waals surface area (Å²) in [4.78, 5) is 14.9. The van der Waals surface area contributed by atoms with Crippen molar-refractivity contribution in [1.82, 2.24) is 4.98 Å². The predicted octanol–water partition coefficient (Wildman–Crippen LogP) is 4.27. The Kier molecular flexibility index (Phi) is 4.29. The summed E-state index contributed by atoms with van der Waals surface area (Å²) in [5.74, 6) is -1.35. The fraction of sp³-hybridized carbons (Fsp3) is 0.0769. The van der Waals surface area contributed by atoms with Gasteiger partial charge in [-0.2, -0.15) is 0 Å². The van der Waals surface area contributed by atoms with Gasteiger partial charge in [-0.1, -0.05) is 29.3 Å². The van der Waals surface area contributed by atoms with Crippen LogP contribution in [0.15, 0.2) is 24.4 Å². The second-order valence-corrected chi connectivity index (χ2v) is 4.84. The average molecular weight is 333 g/mol. The lowest BCUT2D eigenvalue weighted by Crippen LogP contribution is -2.06. The number of anilines is 1. The molecule has 110 valence electrons. The highest BCUT2D eigenvalue weighted by Crippen LogP contribution is 2.42. The molecular formula is C13H8Cl2F2N2O2. The zero-order valence-electron chi connectivity index (χ0n) is 10.3. The van der Waals surface area contributed by atoms with Gasteiger partial charge in [-0.15, -0.1) is 0 Å². The van der Waals surface area contributed by atoms with Crippen LogP contribution in [0.25, 0.3) is 11.1 Å². The number of nitrogen functional groups attached to an aromatic ring is 1. The van der Waals surface area contributed by atoms with E-state index in [1.54, 1.807) is 0 Å².